The van der Waals surface area contributed by atoms with Crippen LogP contribution >= 0.6 is 11.6 Å². The summed E-state index contributed by atoms with van der Waals surface area (Å²) in [6.45, 7) is 0.444. The molecule has 1 heterocycles. The molecule has 2 N–H and O–H groups in total. The number of rotatable bonds is 7. The summed E-state index contributed by atoms with van der Waals surface area (Å²) in [5.74, 6) is 0.583. The van der Waals surface area contributed by atoms with Gasteiger partial charge in [-0.15, -0.1) is 0 Å². The predicted molar refractivity (Wildman–Crippen MR) is 121 cm³/mol. The third-order valence-corrected chi connectivity index (χ3v) is 5.67. The Hall–Kier alpha value is -3.24. The highest BCUT2D eigenvalue weighted by molar-refractivity contribution is 6.31. The quantitative estimate of drug-likeness (QED) is 0.426. The zero-order chi connectivity index (χ0) is 20.9. The first-order valence-corrected chi connectivity index (χ1v) is 10.2. The maximum absolute atomic E-state index is 12.7. The van der Waals surface area contributed by atoms with Gasteiger partial charge in [-0.25, -0.2) is 0 Å². The number of aromatic nitrogens is 1. The molecular formula is C25H23ClN2O2. The first-order chi connectivity index (χ1) is 14.7. The van der Waals surface area contributed by atoms with Gasteiger partial charge in [-0.05, 0) is 29.3 Å². The Morgan fingerprint density at radius 3 is 2.57 bits per heavy atom. The Balaban J connectivity index is 1.59. The van der Waals surface area contributed by atoms with Crippen LogP contribution in [-0.4, -0.2) is 24.5 Å². The number of fused-ring (bicyclic) bond motifs is 1. The number of H-pyrrole nitrogens is 1. The number of carbonyl (C=O) groups excluding carboxylic acids is 1. The average molecular weight is 419 g/mol. The van der Waals surface area contributed by atoms with Gasteiger partial charge in [0.1, 0.15) is 5.75 Å². The molecule has 0 fully saturated rings. The van der Waals surface area contributed by atoms with Gasteiger partial charge in [-0.1, -0.05) is 66.2 Å². The molecule has 1 aromatic heterocycles. The molecule has 0 aliphatic heterocycles. The standard InChI is InChI=1S/C25H23ClN2O2/c1-30-24-13-7-2-8-17(24)14-25(29)28-16-20(18-9-3-5-11-22(18)26)21-15-27-23-12-6-4-10-19(21)23/h2-13,15,20,27H,14,16H2,1H3,(H,28,29)/t20-/m0/s1. The summed E-state index contributed by atoms with van der Waals surface area (Å²) in [4.78, 5) is 16.1. The number of ether oxygens (including phenoxy) is 1. The molecule has 0 aliphatic rings. The summed E-state index contributed by atoms with van der Waals surface area (Å²) in [7, 11) is 1.61. The first kappa shape index (κ1) is 20.0. The zero-order valence-corrected chi connectivity index (χ0v) is 17.4. The average Bonchev–Trinajstić information content (AvgIpc) is 3.19. The first-order valence-electron chi connectivity index (χ1n) is 9.86. The van der Waals surface area contributed by atoms with Crippen molar-refractivity contribution in [1.82, 2.24) is 10.3 Å². The van der Waals surface area contributed by atoms with E-state index >= 15 is 0 Å². The van der Waals surface area contributed by atoms with E-state index in [4.69, 9.17) is 16.3 Å². The summed E-state index contributed by atoms with van der Waals surface area (Å²) in [5, 5.41) is 4.91. The molecule has 5 heteroatoms. The molecule has 4 aromatic rings. The van der Waals surface area contributed by atoms with Crippen LogP contribution in [0.3, 0.4) is 0 Å². The number of aromatic amines is 1. The molecule has 0 bridgehead atoms. The van der Waals surface area contributed by atoms with Crippen LogP contribution in [-0.2, 0) is 11.2 Å². The highest BCUT2D eigenvalue weighted by Crippen LogP contribution is 2.34. The number of nitrogens with one attached hydrogen (secondary N) is 2. The van der Waals surface area contributed by atoms with Gasteiger partial charge >= 0.3 is 0 Å². The van der Waals surface area contributed by atoms with Crippen molar-refractivity contribution in [3.8, 4) is 5.75 Å². The van der Waals surface area contributed by atoms with Crippen molar-refractivity contribution in [3.05, 3.63) is 101 Å². The fraction of sp³-hybridized carbons (Fsp3) is 0.160. The molecule has 0 unspecified atom stereocenters. The number of hydrogen-bond donors (Lipinski definition) is 2. The third-order valence-electron chi connectivity index (χ3n) is 5.32. The van der Waals surface area contributed by atoms with E-state index in [9.17, 15) is 4.79 Å². The largest absolute Gasteiger partial charge is 0.496 e. The topological polar surface area (TPSA) is 54.1 Å². The lowest BCUT2D eigenvalue weighted by molar-refractivity contribution is -0.120. The smallest absolute Gasteiger partial charge is 0.224 e. The highest BCUT2D eigenvalue weighted by Gasteiger charge is 2.21. The van der Waals surface area contributed by atoms with Gasteiger partial charge in [0.2, 0.25) is 5.91 Å². The number of methoxy groups -OCH3 is 1. The molecule has 4 nitrogen and oxygen atoms in total. The molecule has 30 heavy (non-hydrogen) atoms. The normalized spacial score (nSPS) is 11.9. The van der Waals surface area contributed by atoms with Crippen molar-refractivity contribution >= 4 is 28.4 Å². The summed E-state index contributed by atoms with van der Waals surface area (Å²) >= 11 is 6.53. The Kier molecular flexibility index (Phi) is 6.05. The van der Waals surface area contributed by atoms with E-state index in [0.29, 0.717) is 17.3 Å². The molecule has 152 valence electrons. The van der Waals surface area contributed by atoms with Gasteiger partial charge in [0.05, 0.1) is 13.5 Å². The highest BCUT2D eigenvalue weighted by atomic mass is 35.5. The molecule has 1 atom stereocenters. The minimum atomic E-state index is -0.0727. The summed E-state index contributed by atoms with van der Waals surface area (Å²) in [5.41, 5.74) is 4.02. The predicted octanol–water partition coefficient (Wildman–Crippen LogP) is 5.32. The molecule has 3 aromatic carbocycles. The van der Waals surface area contributed by atoms with Crippen LogP contribution in [0, 0.1) is 0 Å². The Labute approximate surface area is 180 Å². The van der Waals surface area contributed by atoms with Crippen LogP contribution in [0.15, 0.2) is 79.0 Å². The summed E-state index contributed by atoms with van der Waals surface area (Å²) in [6, 6.07) is 23.5. The Bertz CT molecular complexity index is 1170. The lowest BCUT2D eigenvalue weighted by atomic mass is 9.90. The van der Waals surface area contributed by atoms with E-state index in [-0.39, 0.29) is 18.2 Å². The van der Waals surface area contributed by atoms with Crippen LogP contribution in [0.1, 0.15) is 22.6 Å². The number of hydrogen-bond acceptors (Lipinski definition) is 2. The van der Waals surface area contributed by atoms with Crippen molar-refractivity contribution in [3.63, 3.8) is 0 Å². The van der Waals surface area contributed by atoms with E-state index in [1.54, 1.807) is 7.11 Å². The minimum Gasteiger partial charge on any atom is -0.496 e. The van der Waals surface area contributed by atoms with E-state index in [0.717, 1.165) is 27.6 Å². The van der Waals surface area contributed by atoms with E-state index < -0.39 is 0 Å². The van der Waals surface area contributed by atoms with E-state index in [1.165, 1.54) is 0 Å². The molecule has 0 aliphatic carbocycles. The molecule has 0 spiro atoms. The van der Waals surface area contributed by atoms with Crippen molar-refractivity contribution in [2.75, 3.05) is 13.7 Å². The van der Waals surface area contributed by atoms with Crippen molar-refractivity contribution in [2.24, 2.45) is 0 Å². The lowest BCUT2D eigenvalue weighted by Crippen LogP contribution is -2.30. The SMILES string of the molecule is COc1ccccc1CC(=O)NC[C@@H](c1ccccc1Cl)c1c[nH]c2ccccc12. The fourth-order valence-corrected chi connectivity index (χ4v) is 4.10. The maximum atomic E-state index is 12.7. The van der Waals surface area contributed by atoms with E-state index in [2.05, 4.69) is 16.4 Å². The second-order valence-corrected chi connectivity index (χ2v) is 7.56. The van der Waals surface area contributed by atoms with Crippen LogP contribution in [0.2, 0.25) is 5.02 Å². The molecule has 0 saturated heterocycles. The molecule has 0 saturated carbocycles. The van der Waals surface area contributed by atoms with Crippen molar-refractivity contribution in [2.45, 2.75) is 12.3 Å². The fourth-order valence-electron chi connectivity index (χ4n) is 3.83. The van der Waals surface area contributed by atoms with Gasteiger partial charge in [0, 0.05) is 40.1 Å². The Morgan fingerprint density at radius 1 is 1.00 bits per heavy atom. The lowest BCUT2D eigenvalue weighted by Gasteiger charge is -2.19. The van der Waals surface area contributed by atoms with Crippen LogP contribution < -0.4 is 10.1 Å². The zero-order valence-electron chi connectivity index (χ0n) is 16.7. The number of halogens is 1. The number of benzene rings is 3. The van der Waals surface area contributed by atoms with Gasteiger partial charge in [-0.3, -0.25) is 4.79 Å². The molecule has 1 amide bonds. The number of para-hydroxylation sites is 2. The molecular weight excluding hydrogens is 396 g/mol. The Morgan fingerprint density at radius 2 is 1.73 bits per heavy atom. The van der Waals surface area contributed by atoms with Crippen molar-refractivity contribution < 1.29 is 9.53 Å². The second-order valence-electron chi connectivity index (χ2n) is 7.16. The minimum absolute atomic E-state index is 0.0589. The summed E-state index contributed by atoms with van der Waals surface area (Å²) in [6.07, 6.45) is 2.26. The van der Waals surface area contributed by atoms with Crippen LogP contribution in [0.4, 0.5) is 0 Å². The van der Waals surface area contributed by atoms with Crippen LogP contribution in [0.5, 0.6) is 5.75 Å². The van der Waals surface area contributed by atoms with Gasteiger partial charge in [0.25, 0.3) is 0 Å². The molecule has 4 rings (SSSR count). The summed E-state index contributed by atoms with van der Waals surface area (Å²) < 4.78 is 5.36. The maximum Gasteiger partial charge on any atom is 0.224 e. The second kappa shape index (κ2) is 9.06. The van der Waals surface area contributed by atoms with Crippen molar-refractivity contribution in [1.29, 1.82) is 0 Å². The third kappa shape index (κ3) is 4.19. The van der Waals surface area contributed by atoms with Crippen LogP contribution in [0.25, 0.3) is 10.9 Å². The van der Waals surface area contributed by atoms with Gasteiger partial charge < -0.3 is 15.0 Å². The number of carbonyl (C=O) groups is 1. The van der Waals surface area contributed by atoms with Gasteiger partial charge in [-0.2, -0.15) is 0 Å². The monoisotopic (exact) mass is 418 g/mol. The van der Waals surface area contributed by atoms with Gasteiger partial charge in [0.15, 0.2) is 0 Å². The molecule has 0 radical (unpaired) electrons. The van der Waals surface area contributed by atoms with E-state index in [1.807, 2.05) is 72.9 Å². The number of amides is 1.